The number of anilines is 1. The minimum absolute atomic E-state index is 0.192. The maximum absolute atomic E-state index is 13.0. The molecule has 106 valence electrons. The highest BCUT2D eigenvalue weighted by atomic mass is 35.5. The molecule has 21 heavy (non-hydrogen) atoms. The van der Waals surface area contributed by atoms with Crippen LogP contribution in [0.5, 0.6) is 0 Å². The number of hydrogen-bond acceptors (Lipinski definition) is 3. The summed E-state index contributed by atoms with van der Waals surface area (Å²) in [5.74, 6) is 0.0851. The molecular formula is C15H11ClFN3O. The van der Waals surface area contributed by atoms with Gasteiger partial charge < -0.3 is 10.3 Å². The summed E-state index contributed by atoms with van der Waals surface area (Å²) in [4.78, 5) is 19.0. The molecule has 4 nitrogen and oxygen atoms in total. The van der Waals surface area contributed by atoms with E-state index in [4.69, 9.17) is 11.6 Å². The molecule has 0 amide bonds. The lowest BCUT2D eigenvalue weighted by Crippen LogP contribution is -2.14. The largest absolute Gasteiger partial charge is 0.377 e. The highest BCUT2D eigenvalue weighted by molar-refractivity contribution is 6.33. The molecule has 0 atom stereocenters. The molecule has 1 heterocycles. The van der Waals surface area contributed by atoms with Gasteiger partial charge >= 0.3 is 0 Å². The first-order chi connectivity index (χ1) is 10.1. The number of aromatic amines is 1. The predicted molar refractivity (Wildman–Crippen MR) is 81.1 cm³/mol. The fourth-order valence-corrected chi connectivity index (χ4v) is 2.26. The molecule has 3 aromatic rings. The van der Waals surface area contributed by atoms with E-state index < -0.39 is 5.82 Å². The van der Waals surface area contributed by atoms with Crippen molar-refractivity contribution in [2.75, 3.05) is 5.32 Å². The zero-order valence-corrected chi connectivity index (χ0v) is 11.6. The van der Waals surface area contributed by atoms with Gasteiger partial charge in [0.1, 0.15) is 11.6 Å². The van der Waals surface area contributed by atoms with Crippen molar-refractivity contribution in [1.82, 2.24) is 9.97 Å². The lowest BCUT2D eigenvalue weighted by molar-refractivity contribution is 0.628. The van der Waals surface area contributed by atoms with Gasteiger partial charge in [0.05, 0.1) is 28.2 Å². The van der Waals surface area contributed by atoms with Crippen molar-refractivity contribution in [1.29, 1.82) is 0 Å². The maximum Gasteiger partial charge on any atom is 0.258 e. The first-order valence-electron chi connectivity index (χ1n) is 6.30. The summed E-state index contributed by atoms with van der Waals surface area (Å²) in [5, 5.41) is 3.84. The highest BCUT2D eigenvalue weighted by Gasteiger charge is 2.05. The van der Waals surface area contributed by atoms with Crippen molar-refractivity contribution >= 4 is 28.2 Å². The highest BCUT2D eigenvalue weighted by Crippen LogP contribution is 2.22. The van der Waals surface area contributed by atoms with Crippen LogP contribution in [0.15, 0.2) is 47.3 Å². The molecule has 2 N–H and O–H groups in total. The summed E-state index contributed by atoms with van der Waals surface area (Å²) in [7, 11) is 0. The average molecular weight is 304 g/mol. The maximum atomic E-state index is 13.0. The van der Waals surface area contributed by atoms with Crippen LogP contribution < -0.4 is 10.9 Å². The summed E-state index contributed by atoms with van der Waals surface area (Å²) in [6.45, 7) is 0.283. The van der Waals surface area contributed by atoms with Crippen molar-refractivity contribution in [2.45, 2.75) is 6.54 Å². The van der Waals surface area contributed by atoms with Gasteiger partial charge in [0, 0.05) is 0 Å². The number of nitrogens with one attached hydrogen (secondary N) is 2. The Kier molecular flexibility index (Phi) is 3.58. The fraction of sp³-hybridized carbons (Fsp3) is 0.0667. The Bertz CT molecular complexity index is 863. The number of para-hydroxylation sites is 1. The smallest absolute Gasteiger partial charge is 0.258 e. The molecule has 0 fully saturated rings. The minimum atomic E-state index is -0.400. The molecule has 1 aromatic heterocycles. The molecule has 0 saturated heterocycles. The zero-order valence-electron chi connectivity index (χ0n) is 10.9. The Hall–Kier alpha value is -2.40. The Morgan fingerprint density at radius 3 is 2.86 bits per heavy atom. The van der Waals surface area contributed by atoms with E-state index in [1.54, 1.807) is 18.2 Å². The minimum Gasteiger partial charge on any atom is -0.377 e. The quantitative estimate of drug-likeness (QED) is 0.780. The summed E-state index contributed by atoms with van der Waals surface area (Å²) in [6.07, 6.45) is 0. The third-order valence-electron chi connectivity index (χ3n) is 3.04. The summed E-state index contributed by atoms with van der Waals surface area (Å²) in [6, 6.07) is 11.2. The zero-order chi connectivity index (χ0) is 14.8. The predicted octanol–water partition coefficient (Wildman–Crippen LogP) is 3.33. The normalized spacial score (nSPS) is 10.8. The van der Waals surface area contributed by atoms with Gasteiger partial charge in [0.15, 0.2) is 0 Å². The second kappa shape index (κ2) is 5.54. The molecule has 0 saturated carbocycles. The molecule has 0 aliphatic heterocycles. The molecule has 0 bridgehead atoms. The van der Waals surface area contributed by atoms with Gasteiger partial charge in [-0.2, -0.15) is 0 Å². The van der Waals surface area contributed by atoms with Crippen molar-refractivity contribution in [3.05, 3.63) is 69.5 Å². The van der Waals surface area contributed by atoms with Gasteiger partial charge in [-0.05, 0) is 30.3 Å². The second-order valence-corrected chi connectivity index (χ2v) is 4.91. The molecule has 6 heteroatoms. The molecule has 0 unspecified atom stereocenters. The van der Waals surface area contributed by atoms with Crippen molar-refractivity contribution < 1.29 is 4.39 Å². The monoisotopic (exact) mass is 303 g/mol. The SMILES string of the molecule is O=c1[nH]c(CNc2ccc(F)cc2Cl)nc2ccccc12. The standard InChI is InChI=1S/C15H11ClFN3O/c16-11-7-9(17)5-6-13(11)18-8-14-19-12-4-2-1-3-10(12)15(21)20-14/h1-7,18H,8H2,(H,19,20,21). The topological polar surface area (TPSA) is 57.8 Å². The summed E-state index contributed by atoms with van der Waals surface area (Å²) in [5.41, 5.74) is 1.01. The molecule has 2 aromatic carbocycles. The third kappa shape index (κ3) is 2.87. The van der Waals surface area contributed by atoms with Crippen LogP contribution in [0.2, 0.25) is 5.02 Å². The molecule has 0 aliphatic carbocycles. The number of halogens is 2. The number of H-pyrrole nitrogens is 1. The summed E-state index contributed by atoms with van der Waals surface area (Å²) < 4.78 is 13.0. The van der Waals surface area contributed by atoms with E-state index in [0.717, 1.165) is 0 Å². The molecular weight excluding hydrogens is 293 g/mol. The van der Waals surface area contributed by atoms with Crippen LogP contribution in [0, 0.1) is 5.82 Å². The van der Waals surface area contributed by atoms with E-state index in [2.05, 4.69) is 15.3 Å². The molecule has 3 rings (SSSR count). The van der Waals surface area contributed by atoms with Gasteiger partial charge in [-0.1, -0.05) is 23.7 Å². The van der Waals surface area contributed by atoms with Crippen molar-refractivity contribution in [3.8, 4) is 0 Å². The van der Waals surface area contributed by atoms with E-state index in [1.807, 2.05) is 6.07 Å². The van der Waals surface area contributed by atoms with Crippen LogP contribution in [0.3, 0.4) is 0 Å². The van der Waals surface area contributed by atoms with Gasteiger partial charge in [-0.25, -0.2) is 9.37 Å². The average Bonchev–Trinajstić information content (AvgIpc) is 2.46. The van der Waals surface area contributed by atoms with E-state index in [-0.39, 0.29) is 17.1 Å². The number of fused-ring (bicyclic) bond motifs is 1. The number of benzene rings is 2. The number of hydrogen-bond donors (Lipinski definition) is 2. The first kappa shape index (κ1) is 13.6. The van der Waals surface area contributed by atoms with Gasteiger partial charge in [0.2, 0.25) is 0 Å². The second-order valence-electron chi connectivity index (χ2n) is 4.51. The van der Waals surface area contributed by atoms with E-state index in [9.17, 15) is 9.18 Å². The Morgan fingerprint density at radius 2 is 2.05 bits per heavy atom. The van der Waals surface area contributed by atoms with Crippen LogP contribution in [-0.2, 0) is 6.54 Å². The van der Waals surface area contributed by atoms with E-state index >= 15 is 0 Å². The number of aromatic nitrogens is 2. The Balaban J connectivity index is 1.87. The van der Waals surface area contributed by atoms with E-state index in [0.29, 0.717) is 22.4 Å². The lowest BCUT2D eigenvalue weighted by Gasteiger charge is -2.08. The number of nitrogens with zero attached hydrogens (tertiary/aromatic N) is 1. The fourth-order valence-electron chi connectivity index (χ4n) is 2.03. The lowest BCUT2D eigenvalue weighted by atomic mass is 10.2. The van der Waals surface area contributed by atoms with Crippen LogP contribution in [0.1, 0.15) is 5.82 Å². The first-order valence-corrected chi connectivity index (χ1v) is 6.68. The van der Waals surface area contributed by atoms with Crippen LogP contribution in [0.25, 0.3) is 10.9 Å². The van der Waals surface area contributed by atoms with Crippen molar-refractivity contribution in [2.24, 2.45) is 0 Å². The van der Waals surface area contributed by atoms with Gasteiger partial charge in [-0.3, -0.25) is 4.79 Å². The van der Waals surface area contributed by atoms with Crippen molar-refractivity contribution in [3.63, 3.8) is 0 Å². The van der Waals surface area contributed by atoms with Crippen LogP contribution >= 0.6 is 11.6 Å². The van der Waals surface area contributed by atoms with E-state index in [1.165, 1.54) is 18.2 Å². The van der Waals surface area contributed by atoms with Crippen LogP contribution in [0.4, 0.5) is 10.1 Å². The molecule has 0 radical (unpaired) electrons. The van der Waals surface area contributed by atoms with Gasteiger partial charge in [0.25, 0.3) is 5.56 Å². The number of rotatable bonds is 3. The van der Waals surface area contributed by atoms with Crippen LogP contribution in [-0.4, -0.2) is 9.97 Å². The van der Waals surface area contributed by atoms with Gasteiger partial charge in [-0.15, -0.1) is 0 Å². The molecule has 0 spiro atoms. The Labute approximate surface area is 124 Å². The Morgan fingerprint density at radius 1 is 1.24 bits per heavy atom. The summed E-state index contributed by atoms with van der Waals surface area (Å²) >= 11 is 5.93. The molecule has 0 aliphatic rings. The third-order valence-corrected chi connectivity index (χ3v) is 3.35.